The first kappa shape index (κ1) is 10.4. The normalized spacial score (nSPS) is 18.8. The van der Waals surface area contributed by atoms with Crippen molar-refractivity contribution in [3.8, 4) is 0 Å². The van der Waals surface area contributed by atoms with E-state index in [1.807, 2.05) is 0 Å². The summed E-state index contributed by atoms with van der Waals surface area (Å²) in [4.78, 5) is 10.5. The second-order valence-corrected chi connectivity index (χ2v) is 3.49. The monoisotopic (exact) mass is 193 g/mol. The summed E-state index contributed by atoms with van der Waals surface area (Å²) in [5, 5.41) is 10.8. The van der Waals surface area contributed by atoms with Gasteiger partial charge in [0.2, 0.25) is 0 Å². The molecule has 1 aliphatic rings. The molecule has 0 saturated heterocycles. The number of hydrogen-bond donors (Lipinski definition) is 2. The largest absolute Gasteiger partial charge is 0.396 e. The Kier molecular flexibility index (Phi) is 3.19. The van der Waals surface area contributed by atoms with Gasteiger partial charge in [0.05, 0.1) is 0 Å². The molecule has 0 aromatic carbocycles. The maximum Gasteiger partial charge on any atom is 0.315 e. The zero-order valence-electron chi connectivity index (χ0n) is 7.22. The fraction of sp³-hybridized carbons (Fsp3) is 0.875. The molecular weight excluding hydrogens is 180 g/mol. The zero-order chi connectivity index (χ0) is 9.90. The number of nitrogens with one attached hydrogen (secondary N) is 1. The van der Waals surface area contributed by atoms with Crippen LogP contribution in [0.25, 0.3) is 0 Å². The summed E-state index contributed by atoms with van der Waals surface area (Å²) in [7, 11) is 0. The molecule has 2 N–H and O–H groups in total. The summed E-state index contributed by atoms with van der Waals surface area (Å²) < 4.78 is 23.5. The van der Waals surface area contributed by atoms with Crippen LogP contribution < -0.4 is 5.32 Å². The Morgan fingerprint density at radius 1 is 1.54 bits per heavy atom. The first-order valence-electron chi connectivity index (χ1n) is 4.26. The van der Waals surface area contributed by atoms with E-state index < -0.39 is 12.3 Å². The van der Waals surface area contributed by atoms with Gasteiger partial charge < -0.3 is 10.4 Å². The molecule has 3 nitrogen and oxygen atoms in total. The molecule has 1 aliphatic carbocycles. The fourth-order valence-electron chi connectivity index (χ4n) is 1.28. The molecule has 0 bridgehead atoms. The van der Waals surface area contributed by atoms with Gasteiger partial charge in [-0.3, -0.25) is 4.79 Å². The van der Waals surface area contributed by atoms with Crippen molar-refractivity contribution in [3.63, 3.8) is 0 Å². The Morgan fingerprint density at radius 3 is 2.54 bits per heavy atom. The first-order chi connectivity index (χ1) is 6.09. The van der Waals surface area contributed by atoms with Gasteiger partial charge in [-0.25, -0.2) is 0 Å². The molecule has 0 atom stereocenters. The van der Waals surface area contributed by atoms with E-state index in [1.54, 1.807) is 0 Å². The number of carbonyl (C=O) groups is 1. The van der Waals surface area contributed by atoms with Gasteiger partial charge in [0.15, 0.2) is 0 Å². The fourth-order valence-corrected chi connectivity index (χ4v) is 1.28. The van der Waals surface area contributed by atoms with E-state index >= 15 is 0 Å². The van der Waals surface area contributed by atoms with E-state index in [9.17, 15) is 13.6 Å². The van der Waals surface area contributed by atoms with Crippen LogP contribution >= 0.6 is 0 Å². The van der Waals surface area contributed by atoms with Gasteiger partial charge in [-0.15, -0.1) is 0 Å². The van der Waals surface area contributed by atoms with Gasteiger partial charge >= 0.3 is 6.43 Å². The molecule has 13 heavy (non-hydrogen) atoms. The van der Waals surface area contributed by atoms with Crippen LogP contribution in [-0.4, -0.2) is 30.6 Å². The number of aliphatic hydroxyl groups excluding tert-OH is 1. The lowest BCUT2D eigenvalue weighted by Crippen LogP contribution is -2.34. The van der Waals surface area contributed by atoms with Crippen molar-refractivity contribution in [2.24, 2.45) is 5.41 Å². The molecule has 0 heterocycles. The minimum atomic E-state index is -2.94. The van der Waals surface area contributed by atoms with Gasteiger partial charge in [0.1, 0.15) is 0 Å². The third kappa shape index (κ3) is 2.91. The van der Waals surface area contributed by atoms with Crippen molar-refractivity contribution >= 4 is 5.91 Å². The predicted molar refractivity (Wildman–Crippen MR) is 42.4 cm³/mol. The molecule has 1 saturated carbocycles. The van der Waals surface area contributed by atoms with Crippen molar-refractivity contribution < 1.29 is 18.7 Å². The highest BCUT2D eigenvalue weighted by atomic mass is 19.3. The minimum absolute atomic E-state index is 0.0462. The number of aliphatic hydroxyl groups is 1. The molecule has 0 aromatic heterocycles. The molecule has 1 amide bonds. The van der Waals surface area contributed by atoms with E-state index in [1.165, 1.54) is 0 Å². The van der Waals surface area contributed by atoms with Gasteiger partial charge in [-0.2, -0.15) is 8.78 Å². The van der Waals surface area contributed by atoms with Crippen LogP contribution in [0.5, 0.6) is 0 Å². The predicted octanol–water partition coefficient (Wildman–Crippen LogP) is 0.530. The van der Waals surface area contributed by atoms with Crippen molar-refractivity contribution in [3.05, 3.63) is 0 Å². The van der Waals surface area contributed by atoms with Crippen LogP contribution in [0.1, 0.15) is 19.3 Å². The molecule has 0 spiro atoms. The standard InChI is InChI=1S/C8H13F2NO2/c9-6(10)7(13)11-5-8(1-2-8)3-4-12/h6,12H,1-5H2,(H,11,13). The average Bonchev–Trinajstić information content (AvgIpc) is 2.82. The summed E-state index contributed by atoms with van der Waals surface area (Å²) in [6.07, 6.45) is -0.560. The molecule has 0 aromatic rings. The third-order valence-electron chi connectivity index (χ3n) is 2.44. The second-order valence-electron chi connectivity index (χ2n) is 3.49. The smallest absolute Gasteiger partial charge is 0.315 e. The lowest BCUT2D eigenvalue weighted by Gasteiger charge is -2.13. The second kappa shape index (κ2) is 4.00. The van der Waals surface area contributed by atoms with Gasteiger partial charge in [-0.1, -0.05) is 0 Å². The molecule has 0 aliphatic heterocycles. The van der Waals surface area contributed by atoms with Crippen LogP contribution in [0.15, 0.2) is 0 Å². The van der Waals surface area contributed by atoms with Crippen LogP contribution in [0, 0.1) is 5.41 Å². The number of alkyl halides is 2. The van der Waals surface area contributed by atoms with E-state index in [0.717, 1.165) is 12.8 Å². The Balaban J connectivity index is 2.22. The molecule has 1 fully saturated rings. The molecule has 76 valence electrons. The highest BCUT2D eigenvalue weighted by Crippen LogP contribution is 2.47. The number of rotatable bonds is 5. The van der Waals surface area contributed by atoms with E-state index in [2.05, 4.69) is 5.32 Å². The van der Waals surface area contributed by atoms with Crippen LogP contribution in [-0.2, 0) is 4.79 Å². The number of hydrogen-bond acceptors (Lipinski definition) is 2. The van der Waals surface area contributed by atoms with Crippen molar-refractivity contribution in [2.75, 3.05) is 13.2 Å². The first-order valence-corrected chi connectivity index (χ1v) is 4.26. The number of carbonyl (C=O) groups excluding carboxylic acids is 1. The third-order valence-corrected chi connectivity index (χ3v) is 2.44. The van der Waals surface area contributed by atoms with E-state index in [4.69, 9.17) is 5.11 Å². The Morgan fingerprint density at radius 2 is 2.15 bits per heavy atom. The number of amides is 1. The lowest BCUT2D eigenvalue weighted by atomic mass is 10.0. The maximum atomic E-state index is 11.7. The molecule has 0 radical (unpaired) electrons. The quantitative estimate of drug-likeness (QED) is 0.669. The summed E-state index contributed by atoms with van der Waals surface area (Å²) in [5.41, 5.74) is -0.0979. The topological polar surface area (TPSA) is 49.3 Å². The van der Waals surface area contributed by atoms with Gasteiger partial charge in [0, 0.05) is 13.2 Å². The van der Waals surface area contributed by atoms with Crippen LogP contribution in [0.2, 0.25) is 0 Å². The Hall–Kier alpha value is -0.710. The summed E-state index contributed by atoms with van der Waals surface area (Å²) in [5.74, 6) is -1.22. The molecule has 1 rings (SSSR count). The maximum absolute atomic E-state index is 11.7. The van der Waals surface area contributed by atoms with Gasteiger partial charge in [0.25, 0.3) is 5.91 Å². The van der Waals surface area contributed by atoms with Crippen molar-refractivity contribution in [2.45, 2.75) is 25.7 Å². The van der Waals surface area contributed by atoms with Gasteiger partial charge in [-0.05, 0) is 24.7 Å². The van der Waals surface area contributed by atoms with E-state index in [0.29, 0.717) is 6.42 Å². The van der Waals surface area contributed by atoms with Crippen molar-refractivity contribution in [1.29, 1.82) is 0 Å². The summed E-state index contributed by atoms with van der Waals surface area (Å²) in [6, 6.07) is 0. The number of halogens is 2. The zero-order valence-corrected chi connectivity index (χ0v) is 7.22. The summed E-state index contributed by atoms with van der Waals surface area (Å²) >= 11 is 0. The Bertz CT molecular complexity index is 193. The highest BCUT2D eigenvalue weighted by Gasteiger charge is 2.42. The average molecular weight is 193 g/mol. The highest BCUT2D eigenvalue weighted by molar-refractivity contribution is 5.79. The van der Waals surface area contributed by atoms with E-state index in [-0.39, 0.29) is 18.6 Å². The minimum Gasteiger partial charge on any atom is -0.396 e. The van der Waals surface area contributed by atoms with Crippen LogP contribution in [0.4, 0.5) is 8.78 Å². The lowest BCUT2D eigenvalue weighted by molar-refractivity contribution is -0.132. The molecule has 0 unspecified atom stereocenters. The van der Waals surface area contributed by atoms with Crippen LogP contribution in [0.3, 0.4) is 0 Å². The molecule has 5 heteroatoms. The summed E-state index contributed by atoms with van der Waals surface area (Å²) in [6.45, 7) is 0.307. The Labute approximate surface area is 75.1 Å². The SMILES string of the molecule is O=C(NCC1(CCO)CC1)C(F)F. The molecular formula is C8H13F2NO2. The van der Waals surface area contributed by atoms with Crippen molar-refractivity contribution in [1.82, 2.24) is 5.32 Å².